The average molecular weight is 323 g/mol. The summed E-state index contributed by atoms with van der Waals surface area (Å²) < 4.78 is 5.94. The van der Waals surface area contributed by atoms with Gasteiger partial charge in [0.1, 0.15) is 0 Å². The van der Waals surface area contributed by atoms with Crippen molar-refractivity contribution in [2.24, 2.45) is 0 Å². The van der Waals surface area contributed by atoms with Gasteiger partial charge in [-0.1, -0.05) is 0 Å². The minimum atomic E-state index is -0.297. The average Bonchev–Trinajstić information content (AvgIpc) is 2.40. The number of hydrogen-bond donors (Lipinski definition) is 0. The van der Waals surface area contributed by atoms with Crippen LogP contribution in [0.15, 0.2) is 12.4 Å². The van der Waals surface area contributed by atoms with E-state index in [-0.39, 0.29) is 33.6 Å². The fraction of sp³-hybridized carbons (Fsp3) is 0.333. The molecule has 0 aliphatic heterocycles. The van der Waals surface area contributed by atoms with Crippen LogP contribution in [-0.2, 0) is 37.1 Å². The molecule has 0 aromatic carbocycles. The molecular weight excluding hydrogens is 316 g/mol. The van der Waals surface area contributed by atoms with Crippen LogP contribution < -0.4 is 0 Å². The molecule has 11 heavy (non-hydrogen) atoms. The first-order valence-electron chi connectivity index (χ1n) is 2.78. The molecule has 0 aliphatic carbocycles. The quantitative estimate of drug-likeness (QED) is 0.562. The smallest absolute Gasteiger partial charge is 0.323 e. The number of nitrogens with zero attached hydrogens (tertiary/aromatic N) is 2. The predicted octanol–water partition coefficient (Wildman–Crippen LogP) is -0.146. The molecule has 1 rings (SSSR count). The third-order valence-electron chi connectivity index (χ3n) is 1.03. The molecule has 0 atom stereocenters. The molecule has 1 heterocycles. The van der Waals surface area contributed by atoms with Gasteiger partial charge in [-0.25, -0.2) is 0 Å². The van der Waals surface area contributed by atoms with Gasteiger partial charge in [0.2, 0.25) is 0 Å². The Morgan fingerprint density at radius 1 is 1.82 bits per heavy atom. The third-order valence-corrected chi connectivity index (χ3v) is 1.03. The molecule has 0 amide bonds. The zero-order valence-electron chi connectivity index (χ0n) is 5.98. The maximum atomic E-state index is 10.6. The second-order valence-electron chi connectivity index (χ2n) is 1.73. The van der Waals surface area contributed by atoms with E-state index in [0.717, 1.165) is 0 Å². The largest absolute Gasteiger partial charge is 0.468 e. The fourth-order valence-corrected chi connectivity index (χ4v) is 0.546. The minimum Gasteiger partial charge on any atom is -0.468 e. The SMILES string of the molecule is COC(=O)Cn1[c-]ncc1.[W]. The Morgan fingerprint density at radius 3 is 3.00 bits per heavy atom. The van der Waals surface area contributed by atoms with Crippen LogP contribution in [0.4, 0.5) is 0 Å². The summed E-state index contributed by atoms with van der Waals surface area (Å²) in [7, 11) is 1.35. The summed E-state index contributed by atoms with van der Waals surface area (Å²) in [6, 6.07) is 0. The van der Waals surface area contributed by atoms with E-state index >= 15 is 0 Å². The number of rotatable bonds is 2. The van der Waals surface area contributed by atoms with Gasteiger partial charge in [0.15, 0.2) is 0 Å². The van der Waals surface area contributed by atoms with Crippen molar-refractivity contribution in [2.45, 2.75) is 6.54 Å². The summed E-state index contributed by atoms with van der Waals surface area (Å²) in [4.78, 5) is 14.2. The zero-order valence-corrected chi connectivity index (χ0v) is 8.91. The van der Waals surface area contributed by atoms with Crippen LogP contribution in [-0.4, -0.2) is 22.6 Å². The molecule has 0 spiro atoms. The van der Waals surface area contributed by atoms with E-state index in [1.54, 1.807) is 12.4 Å². The summed E-state index contributed by atoms with van der Waals surface area (Å²) in [5.41, 5.74) is 0. The normalized spacial score (nSPS) is 8.45. The van der Waals surface area contributed by atoms with Crippen LogP contribution in [0.25, 0.3) is 0 Å². The molecule has 0 saturated heterocycles. The van der Waals surface area contributed by atoms with Crippen molar-refractivity contribution < 1.29 is 30.6 Å². The molecule has 1 aromatic rings. The van der Waals surface area contributed by atoms with Gasteiger partial charge in [-0.05, 0) is 0 Å². The van der Waals surface area contributed by atoms with Gasteiger partial charge in [0.05, 0.1) is 13.7 Å². The van der Waals surface area contributed by atoms with Crippen LogP contribution >= 0.6 is 0 Å². The molecule has 0 unspecified atom stereocenters. The maximum Gasteiger partial charge on any atom is 0.323 e. The molecule has 0 fully saturated rings. The van der Waals surface area contributed by atoms with E-state index in [2.05, 4.69) is 16.0 Å². The van der Waals surface area contributed by atoms with Crippen LogP contribution in [0.1, 0.15) is 0 Å². The standard InChI is InChI=1S/C6H7N2O2.W/c1-10-6(9)4-8-3-2-7-5-8;/h2-3H,4H2,1H3;/q-1;. The van der Waals surface area contributed by atoms with Crippen molar-refractivity contribution in [3.05, 3.63) is 18.7 Å². The Balaban J connectivity index is 0.000001000. The first-order valence-corrected chi connectivity index (χ1v) is 2.78. The number of carbonyl (C=O) groups is 1. The second kappa shape index (κ2) is 5.08. The monoisotopic (exact) mass is 323 g/mol. The Kier molecular flexibility index (Phi) is 4.78. The summed E-state index contributed by atoms with van der Waals surface area (Å²) in [6.45, 7) is 0.177. The molecule has 0 saturated carbocycles. The number of esters is 1. The van der Waals surface area contributed by atoms with Crippen molar-refractivity contribution in [3.63, 3.8) is 0 Å². The van der Waals surface area contributed by atoms with Crippen LogP contribution in [0.3, 0.4) is 0 Å². The molecule has 60 valence electrons. The van der Waals surface area contributed by atoms with Crippen molar-refractivity contribution in [1.29, 1.82) is 0 Å². The summed E-state index contributed by atoms with van der Waals surface area (Å²) >= 11 is 0. The van der Waals surface area contributed by atoms with Gasteiger partial charge in [-0.3, -0.25) is 4.79 Å². The topological polar surface area (TPSA) is 44.1 Å². The van der Waals surface area contributed by atoms with E-state index < -0.39 is 0 Å². The molecule has 5 heteroatoms. The van der Waals surface area contributed by atoms with E-state index in [9.17, 15) is 4.79 Å². The zero-order chi connectivity index (χ0) is 7.40. The fourth-order valence-electron chi connectivity index (χ4n) is 0.546. The Hall–Kier alpha value is -0.632. The van der Waals surface area contributed by atoms with Crippen molar-refractivity contribution in [2.75, 3.05) is 7.11 Å². The second-order valence-corrected chi connectivity index (χ2v) is 1.73. The van der Waals surface area contributed by atoms with E-state index in [0.29, 0.717) is 0 Å². The van der Waals surface area contributed by atoms with Gasteiger partial charge >= 0.3 is 5.97 Å². The van der Waals surface area contributed by atoms with Crippen LogP contribution in [0.2, 0.25) is 0 Å². The molecule has 1 aromatic heterocycles. The minimum absolute atomic E-state index is 0. The number of imidazole rings is 1. The third kappa shape index (κ3) is 3.32. The maximum absolute atomic E-state index is 10.6. The molecule has 4 nitrogen and oxygen atoms in total. The van der Waals surface area contributed by atoms with E-state index in [1.165, 1.54) is 11.7 Å². The van der Waals surface area contributed by atoms with Gasteiger partial charge < -0.3 is 14.3 Å². The Morgan fingerprint density at radius 2 is 2.55 bits per heavy atom. The number of methoxy groups -OCH3 is 1. The summed E-state index contributed by atoms with van der Waals surface area (Å²) in [6.07, 6.45) is 5.78. The molecule has 0 aliphatic rings. The molecular formula is C6H7N2O2W-. The van der Waals surface area contributed by atoms with Crippen LogP contribution in [0.5, 0.6) is 0 Å². The summed E-state index contributed by atoms with van der Waals surface area (Å²) in [5.74, 6) is -0.297. The molecule has 0 radical (unpaired) electrons. The summed E-state index contributed by atoms with van der Waals surface area (Å²) in [5, 5.41) is 0. The first kappa shape index (κ1) is 10.4. The van der Waals surface area contributed by atoms with Crippen molar-refractivity contribution >= 4 is 5.97 Å². The van der Waals surface area contributed by atoms with Gasteiger partial charge in [0, 0.05) is 27.4 Å². The molecule has 0 bridgehead atoms. The van der Waals surface area contributed by atoms with Crippen LogP contribution in [0, 0.1) is 6.33 Å². The van der Waals surface area contributed by atoms with E-state index in [4.69, 9.17) is 0 Å². The van der Waals surface area contributed by atoms with E-state index in [1.807, 2.05) is 0 Å². The van der Waals surface area contributed by atoms with Gasteiger partial charge in [0.25, 0.3) is 0 Å². The van der Waals surface area contributed by atoms with Gasteiger partial charge in [-0.2, -0.15) is 0 Å². The van der Waals surface area contributed by atoms with Crippen molar-refractivity contribution in [1.82, 2.24) is 9.55 Å². The Bertz CT molecular complexity index is 210. The number of hydrogen-bond acceptors (Lipinski definition) is 3. The number of carbonyl (C=O) groups excluding carboxylic acids is 1. The Labute approximate surface area is 78.8 Å². The molecule has 0 N–H and O–H groups in total. The predicted molar refractivity (Wildman–Crippen MR) is 33.1 cm³/mol. The van der Waals surface area contributed by atoms with Gasteiger partial charge in [-0.15, -0.1) is 12.4 Å². The number of ether oxygens (including phenoxy) is 1. The first-order chi connectivity index (χ1) is 4.83. The van der Waals surface area contributed by atoms with Crippen molar-refractivity contribution in [3.8, 4) is 0 Å². The number of aromatic nitrogens is 2.